The van der Waals surface area contributed by atoms with Crippen LogP contribution in [0.15, 0.2) is 0 Å². The maximum absolute atomic E-state index is 13.1. The highest BCUT2D eigenvalue weighted by Crippen LogP contribution is 2.04. The van der Waals surface area contributed by atoms with Gasteiger partial charge in [-0.05, 0) is 13.3 Å². The minimum Gasteiger partial charge on any atom is -0.481 e. The van der Waals surface area contributed by atoms with E-state index in [0.29, 0.717) is 0 Å². The molecule has 0 radical (unpaired) electrons. The summed E-state index contributed by atoms with van der Waals surface area (Å²) in [6.45, 7) is 0.243. The largest absolute Gasteiger partial charge is 0.481 e. The topological polar surface area (TPSA) is 382 Å². The van der Waals surface area contributed by atoms with Crippen molar-refractivity contribution in [1.29, 1.82) is 0 Å². The Hall–Kier alpha value is -4.68. The molecule has 24 heteroatoms. The van der Waals surface area contributed by atoms with Gasteiger partial charge in [-0.25, -0.2) is 4.79 Å². The molecule has 0 unspecified atom stereocenters. The van der Waals surface area contributed by atoms with Gasteiger partial charge in [-0.15, -0.1) is 0 Å². The van der Waals surface area contributed by atoms with Crippen molar-refractivity contribution in [2.24, 2.45) is 17.2 Å². The number of carboxylic acid groups (broad SMARTS) is 2. The fourth-order valence-corrected chi connectivity index (χ4v) is 4.04. The van der Waals surface area contributed by atoms with E-state index in [1.54, 1.807) is 0 Å². The second-order valence-electron chi connectivity index (χ2n) is 10.3. The van der Waals surface area contributed by atoms with Crippen LogP contribution in [0.1, 0.15) is 32.6 Å². The number of hydrogen-bond donors (Lipinski definition) is 14. The molecule has 0 saturated carbocycles. The Morgan fingerprint density at radius 1 is 0.653 bits per heavy atom. The number of amides is 8. The standard InChI is InChI=1S/C25H41N9O13S2/c1-9(35)19(24(45)29-6-17(38)30-14(8-49)25(46)47)34-23(44)13(5-18(39)40)33-22(43)12(4-16(28)37)32-21(42)11(2-3-15(27)36)31-20(41)10(26)7-48/h9-14,19,35,48-49H,2-8,26H2,1H3,(H2,27,36)(H2,28,37)(H,29,45)(H,30,38)(H,31,41)(H,32,42)(H,33,43)(H,34,44)(H,39,40)(H,46,47)/t9-,10+,11+,12+,13+,14+,19+/m1/s1. The molecule has 0 aromatic rings. The Morgan fingerprint density at radius 3 is 1.61 bits per heavy atom. The number of aliphatic hydroxyl groups excluding tert-OH is 1. The Balaban J connectivity index is 5.95. The first kappa shape index (κ1) is 44.3. The summed E-state index contributed by atoms with van der Waals surface area (Å²) in [6.07, 6.45) is -4.47. The third kappa shape index (κ3) is 17.3. The monoisotopic (exact) mass is 739 g/mol. The first-order valence-electron chi connectivity index (χ1n) is 14.2. The summed E-state index contributed by atoms with van der Waals surface area (Å²) in [7, 11) is 0. The minimum absolute atomic E-state index is 0.133. The summed E-state index contributed by atoms with van der Waals surface area (Å²) in [6, 6.07) is -9.80. The average Bonchev–Trinajstić information content (AvgIpc) is 3.00. The molecular weight excluding hydrogens is 698 g/mol. The lowest BCUT2D eigenvalue weighted by atomic mass is 10.1. The predicted octanol–water partition coefficient (Wildman–Crippen LogP) is -7.21. The van der Waals surface area contributed by atoms with Crippen LogP contribution in [-0.4, -0.2) is 135 Å². The zero-order chi connectivity index (χ0) is 38.0. The molecule has 0 saturated heterocycles. The van der Waals surface area contributed by atoms with Crippen molar-refractivity contribution < 1.29 is 63.3 Å². The van der Waals surface area contributed by atoms with E-state index in [4.69, 9.17) is 22.3 Å². The number of nitrogens with two attached hydrogens (primary N) is 3. The van der Waals surface area contributed by atoms with Gasteiger partial charge in [0.05, 0.1) is 31.5 Å². The van der Waals surface area contributed by atoms with Crippen LogP contribution in [0.25, 0.3) is 0 Å². The van der Waals surface area contributed by atoms with E-state index in [-0.39, 0.29) is 17.9 Å². The lowest BCUT2D eigenvalue weighted by Crippen LogP contribution is -2.61. The van der Waals surface area contributed by atoms with E-state index in [2.05, 4.69) is 46.5 Å². The molecule has 0 bridgehead atoms. The van der Waals surface area contributed by atoms with Crippen LogP contribution >= 0.6 is 25.3 Å². The smallest absolute Gasteiger partial charge is 0.327 e. The van der Waals surface area contributed by atoms with Crippen LogP contribution in [0.2, 0.25) is 0 Å². The first-order valence-corrected chi connectivity index (χ1v) is 15.4. The summed E-state index contributed by atoms with van der Waals surface area (Å²) in [4.78, 5) is 122. The molecule has 22 nitrogen and oxygen atoms in total. The first-order chi connectivity index (χ1) is 22.7. The Labute approximate surface area is 289 Å². The van der Waals surface area contributed by atoms with Crippen molar-refractivity contribution >= 4 is 84.5 Å². The number of nitrogens with one attached hydrogen (secondary N) is 6. The zero-order valence-corrected chi connectivity index (χ0v) is 27.8. The minimum atomic E-state index is -2.00. The van der Waals surface area contributed by atoms with Crippen LogP contribution in [-0.2, 0) is 47.9 Å². The lowest BCUT2D eigenvalue weighted by Gasteiger charge is -2.26. The Morgan fingerprint density at radius 2 is 1.16 bits per heavy atom. The lowest BCUT2D eigenvalue weighted by molar-refractivity contribution is -0.142. The van der Waals surface area contributed by atoms with Crippen LogP contribution in [0.4, 0.5) is 0 Å². The van der Waals surface area contributed by atoms with Gasteiger partial charge in [0.1, 0.15) is 30.2 Å². The van der Waals surface area contributed by atoms with Crippen molar-refractivity contribution in [2.75, 3.05) is 18.1 Å². The van der Waals surface area contributed by atoms with Gasteiger partial charge in [-0.2, -0.15) is 25.3 Å². The molecule has 15 N–H and O–H groups in total. The second-order valence-corrected chi connectivity index (χ2v) is 11.1. The van der Waals surface area contributed by atoms with Gasteiger partial charge >= 0.3 is 11.9 Å². The Bertz CT molecular complexity index is 1270. The number of rotatable bonds is 23. The molecular formula is C25H41N9O13S2. The quantitative estimate of drug-likeness (QED) is 0.0433. The van der Waals surface area contributed by atoms with Crippen molar-refractivity contribution in [1.82, 2.24) is 31.9 Å². The second kappa shape index (κ2) is 22.0. The van der Waals surface area contributed by atoms with E-state index < -0.39 is 127 Å². The average molecular weight is 740 g/mol. The van der Waals surface area contributed by atoms with Crippen LogP contribution in [0.5, 0.6) is 0 Å². The van der Waals surface area contributed by atoms with Crippen molar-refractivity contribution in [2.45, 2.75) is 75.0 Å². The summed E-state index contributed by atoms with van der Waals surface area (Å²) in [5.41, 5.74) is 15.9. The molecule has 0 aromatic heterocycles. The number of aliphatic hydroxyl groups is 1. The molecule has 0 aromatic carbocycles. The summed E-state index contributed by atoms with van der Waals surface area (Å²) in [5.74, 6) is -12.3. The van der Waals surface area contributed by atoms with E-state index in [0.717, 1.165) is 6.92 Å². The number of aliphatic carboxylic acids is 2. The molecule has 0 rings (SSSR count). The van der Waals surface area contributed by atoms with Gasteiger partial charge in [0.25, 0.3) is 0 Å². The van der Waals surface area contributed by atoms with E-state index in [1.807, 2.05) is 10.6 Å². The third-order valence-corrected chi connectivity index (χ3v) is 6.96. The maximum Gasteiger partial charge on any atom is 0.327 e. The number of hydrogen-bond acceptors (Lipinski definition) is 14. The van der Waals surface area contributed by atoms with Gasteiger partial charge < -0.3 is 64.4 Å². The van der Waals surface area contributed by atoms with Crippen LogP contribution in [0, 0.1) is 0 Å². The molecule has 0 fully saturated rings. The normalized spacial score (nSPS) is 15.0. The van der Waals surface area contributed by atoms with Crippen LogP contribution in [0.3, 0.4) is 0 Å². The molecule has 0 aliphatic heterocycles. The predicted molar refractivity (Wildman–Crippen MR) is 172 cm³/mol. The molecule has 276 valence electrons. The number of thiol groups is 2. The Kier molecular flexibility index (Phi) is 19.9. The summed E-state index contributed by atoms with van der Waals surface area (Å²) < 4.78 is 0. The molecule has 0 spiro atoms. The summed E-state index contributed by atoms with van der Waals surface area (Å²) in [5, 5.41) is 40.9. The van der Waals surface area contributed by atoms with Crippen LogP contribution < -0.4 is 49.1 Å². The molecule has 0 heterocycles. The highest BCUT2D eigenvalue weighted by atomic mass is 32.1. The SMILES string of the molecule is C[C@@H](O)[C@H](NC(=O)[C@H](CC(=O)O)NC(=O)[C@H](CC(N)=O)NC(=O)[C@H](CCC(N)=O)NC(=O)[C@@H](N)CS)C(=O)NCC(=O)N[C@@H](CS)C(=O)O. The molecule has 8 amide bonds. The zero-order valence-electron chi connectivity index (χ0n) is 26.0. The number of primary amides is 2. The van der Waals surface area contributed by atoms with Gasteiger partial charge in [0.15, 0.2) is 0 Å². The molecule has 0 aliphatic rings. The molecule has 0 aliphatic carbocycles. The fourth-order valence-electron chi connectivity index (χ4n) is 3.62. The number of carbonyl (C=O) groups is 10. The van der Waals surface area contributed by atoms with Crippen molar-refractivity contribution in [3.8, 4) is 0 Å². The van der Waals surface area contributed by atoms with Gasteiger partial charge in [0.2, 0.25) is 47.3 Å². The van der Waals surface area contributed by atoms with Crippen molar-refractivity contribution in [3.63, 3.8) is 0 Å². The third-order valence-electron chi connectivity index (χ3n) is 6.20. The van der Waals surface area contributed by atoms with E-state index in [9.17, 15) is 58.2 Å². The highest BCUT2D eigenvalue weighted by molar-refractivity contribution is 7.80. The highest BCUT2D eigenvalue weighted by Gasteiger charge is 2.34. The fraction of sp³-hybridized carbons (Fsp3) is 0.600. The van der Waals surface area contributed by atoms with Gasteiger partial charge in [-0.3, -0.25) is 43.2 Å². The number of carbonyl (C=O) groups excluding carboxylic acids is 8. The van der Waals surface area contributed by atoms with E-state index in [1.165, 1.54) is 0 Å². The van der Waals surface area contributed by atoms with Gasteiger partial charge in [-0.1, -0.05) is 0 Å². The van der Waals surface area contributed by atoms with Crippen molar-refractivity contribution in [3.05, 3.63) is 0 Å². The van der Waals surface area contributed by atoms with Gasteiger partial charge in [0, 0.05) is 17.9 Å². The summed E-state index contributed by atoms with van der Waals surface area (Å²) >= 11 is 7.65. The maximum atomic E-state index is 13.1. The molecule has 7 atom stereocenters. The number of carboxylic acids is 2. The molecule has 49 heavy (non-hydrogen) atoms. The van der Waals surface area contributed by atoms with E-state index >= 15 is 0 Å².